The van der Waals surface area contributed by atoms with E-state index in [1.54, 1.807) is 11.3 Å². The lowest BCUT2D eigenvalue weighted by Gasteiger charge is -2.29. The van der Waals surface area contributed by atoms with Gasteiger partial charge in [0.1, 0.15) is 11.4 Å². The Morgan fingerprint density at radius 2 is 2.18 bits per heavy atom. The van der Waals surface area contributed by atoms with E-state index >= 15 is 0 Å². The summed E-state index contributed by atoms with van der Waals surface area (Å²) in [6.07, 6.45) is 0. The molecule has 0 aliphatic carbocycles. The number of amides is 1. The molecule has 0 spiro atoms. The van der Waals surface area contributed by atoms with Crippen molar-refractivity contribution in [2.45, 2.75) is 32.5 Å². The molecular formula is C17H20N2O2S. The second-order valence-electron chi connectivity index (χ2n) is 6.28. The third-order valence-electron chi connectivity index (χ3n) is 3.67. The molecule has 3 rings (SSSR count). The minimum atomic E-state index is -0.368. The van der Waals surface area contributed by atoms with Crippen molar-refractivity contribution in [3.63, 3.8) is 0 Å². The Hall–Kier alpha value is -1.85. The molecule has 2 N–H and O–H groups in total. The van der Waals surface area contributed by atoms with E-state index in [4.69, 9.17) is 10.5 Å². The first kappa shape index (κ1) is 15.1. The number of hydrogen-bond donors (Lipinski definition) is 1. The predicted molar refractivity (Wildman–Crippen MR) is 88.1 cm³/mol. The second kappa shape index (κ2) is 5.74. The molecule has 1 aromatic heterocycles. The average Bonchev–Trinajstić information content (AvgIpc) is 2.83. The Morgan fingerprint density at radius 3 is 2.91 bits per heavy atom. The van der Waals surface area contributed by atoms with Crippen LogP contribution in [0.3, 0.4) is 0 Å². The molecule has 0 atom stereocenters. The molecule has 0 saturated heterocycles. The summed E-state index contributed by atoms with van der Waals surface area (Å²) in [7, 11) is 0. The summed E-state index contributed by atoms with van der Waals surface area (Å²) in [4.78, 5) is 14.7. The predicted octanol–water partition coefficient (Wildman–Crippen LogP) is 3.02. The van der Waals surface area contributed by atoms with Gasteiger partial charge in [-0.2, -0.15) is 0 Å². The highest BCUT2D eigenvalue weighted by Gasteiger charge is 2.29. The van der Waals surface area contributed by atoms with Gasteiger partial charge in [0.25, 0.3) is 0 Å². The van der Waals surface area contributed by atoms with Gasteiger partial charge in [0.05, 0.1) is 5.56 Å². The summed E-state index contributed by atoms with van der Waals surface area (Å²) in [6.45, 7) is 6.66. The monoisotopic (exact) mass is 316 g/mol. The fourth-order valence-electron chi connectivity index (χ4n) is 2.82. The fraction of sp³-hybridized carbons (Fsp3) is 0.353. The third kappa shape index (κ3) is 3.31. The van der Waals surface area contributed by atoms with Crippen LogP contribution in [0.4, 0.5) is 0 Å². The summed E-state index contributed by atoms with van der Waals surface area (Å²) in [5.41, 5.74) is 6.85. The van der Waals surface area contributed by atoms with E-state index in [0.29, 0.717) is 5.56 Å². The third-order valence-corrected chi connectivity index (χ3v) is 4.60. The smallest absolute Gasteiger partial charge is 0.249 e. The molecule has 2 aromatic rings. The first-order valence-corrected chi connectivity index (χ1v) is 8.17. The van der Waals surface area contributed by atoms with Crippen molar-refractivity contribution < 1.29 is 9.53 Å². The van der Waals surface area contributed by atoms with E-state index in [1.807, 2.05) is 29.6 Å². The Balaban J connectivity index is 1.82. The van der Waals surface area contributed by atoms with Crippen LogP contribution in [0, 0.1) is 0 Å². The molecule has 1 aliphatic heterocycles. The molecule has 0 radical (unpaired) electrons. The molecule has 1 amide bonds. The number of benzene rings is 1. The second-order valence-corrected chi connectivity index (χ2v) is 7.28. The van der Waals surface area contributed by atoms with E-state index in [-0.39, 0.29) is 11.5 Å². The Labute approximate surface area is 134 Å². The molecule has 22 heavy (non-hydrogen) atoms. The summed E-state index contributed by atoms with van der Waals surface area (Å²) in [5.74, 6) is 0.589. The largest absolute Gasteiger partial charge is 0.486 e. The van der Waals surface area contributed by atoms with Crippen LogP contribution in [-0.2, 0) is 13.1 Å². The number of carbonyl (C=O) groups is 1. The lowest BCUT2D eigenvalue weighted by molar-refractivity contribution is 0.0686. The van der Waals surface area contributed by atoms with Gasteiger partial charge in [-0.05, 0) is 26.0 Å². The molecule has 0 saturated carbocycles. The van der Waals surface area contributed by atoms with Gasteiger partial charge in [0.2, 0.25) is 5.91 Å². The maximum absolute atomic E-state index is 11.2. The summed E-state index contributed by atoms with van der Waals surface area (Å²) in [5, 5.41) is 1.82. The van der Waals surface area contributed by atoms with Crippen LogP contribution < -0.4 is 10.5 Å². The molecule has 116 valence electrons. The van der Waals surface area contributed by atoms with Crippen LogP contribution in [0.1, 0.15) is 34.6 Å². The zero-order valence-corrected chi connectivity index (χ0v) is 13.7. The number of primary amides is 1. The number of nitrogens with zero attached hydrogens (tertiary/aromatic N) is 1. The summed E-state index contributed by atoms with van der Waals surface area (Å²) < 4.78 is 6.14. The highest BCUT2D eigenvalue weighted by molar-refractivity contribution is 7.10. The summed E-state index contributed by atoms with van der Waals surface area (Å²) >= 11 is 1.58. The molecule has 1 aromatic carbocycles. The molecule has 4 nitrogen and oxygen atoms in total. The molecule has 5 heteroatoms. The number of nitrogens with two attached hydrogens (primary N) is 1. The molecule has 0 unspecified atom stereocenters. The highest BCUT2D eigenvalue weighted by atomic mass is 32.1. The van der Waals surface area contributed by atoms with Crippen molar-refractivity contribution in [3.8, 4) is 5.75 Å². The number of ether oxygens (including phenoxy) is 1. The van der Waals surface area contributed by atoms with Crippen molar-refractivity contribution in [2.24, 2.45) is 5.73 Å². The number of rotatable bonds is 3. The van der Waals surface area contributed by atoms with Gasteiger partial charge in [0.15, 0.2) is 0 Å². The normalized spacial score (nSPS) is 17.4. The minimum absolute atomic E-state index is 0.254. The van der Waals surface area contributed by atoms with Crippen molar-refractivity contribution >= 4 is 17.2 Å². The number of para-hydroxylation sites is 1. The van der Waals surface area contributed by atoms with Crippen LogP contribution in [0.5, 0.6) is 5.75 Å². The van der Waals surface area contributed by atoms with E-state index in [1.165, 1.54) is 5.56 Å². The molecule has 0 bridgehead atoms. The number of carbonyl (C=O) groups excluding carboxylic acids is 1. The maximum Gasteiger partial charge on any atom is 0.249 e. The first-order valence-electron chi connectivity index (χ1n) is 7.29. The quantitative estimate of drug-likeness (QED) is 0.947. The van der Waals surface area contributed by atoms with Gasteiger partial charge >= 0.3 is 0 Å². The van der Waals surface area contributed by atoms with Crippen LogP contribution >= 0.6 is 11.3 Å². The minimum Gasteiger partial charge on any atom is -0.486 e. The molecular weight excluding hydrogens is 296 g/mol. The first-order chi connectivity index (χ1) is 10.4. The molecule has 2 heterocycles. The van der Waals surface area contributed by atoms with Crippen molar-refractivity contribution in [3.05, 3.63) is 51.7 Å². The summed E-state index contributed by atoms with van der Waals surface area (Å²) in [6, 6.07) is 10.1. The van der Waals surface area contributed by atoms with Gasteiger partial charge in [-0.15, -0.1) is 11.3 Å². The standard InChI is InChI=1S/C17H20N2O2S/c1-17(2)11-19(8-12-5-3-4-6-15(12)21-17)9-14-7-13(10-22-14)16(18)20/h3-7,10H,8-9,11H2,1-2H3,(H2,18,20). The van der Waals surface area contributed by atoms with Gasteiger partial charge in [0, 0.05) is 35.5 Å². The van der Waals surface area contributed by atoms with Crippen LogP contribution in [0.2, 0.25) is 0 Å². The number of fused-ring (bicyclic) bond motifs is 1. The van der Waals surface area contributed by atoms with Crippen LogP contribution in [-0.4, -0.2) is 23.0 Å². The Morgan fingerprint density at radius 1 is 1.41 bits per heavy atom. The van der Waals surface area contributed by atoms with Crippen molar-refractivity contribution in [1.82, 2.24) is 4.90 Å². The average molecular weight is 316 g/mol. The number of thiophene rings is 1. The zero-order chi connectivity index (χ0) is 15.7. The Kier molecular flexibility index (Phi) is 3.93. The lowest BCUT2D eigenvalue weighted by atomic mass is 10.1. The van der Waals surface area contributed by atoms with Crippen LogP contribution in [0.25, 0.3) is 0 Å². The molecule has 1 aliphatic rings. The van der Waals surface area contributed by atoms with Crippen LogP contribution in [0.15, 0.2) is 35.7 Å². The van der Waals surface area contributed by atoms with E-state index in [0.717, 1.165) is 30.3 Å². The number of hydrogen-bond acceptors (Lipinski definition) is 4. The maximum atomic E-state index is 11.2. The Bertz CT molecular complexity index is 693. The topological polar surface area (TPSA) is 55.6 Å². The van der Waals surface area contributed by atoms with Gasteiger partial charge in [-0.1, -0.05) is 18.2 Å². The van der Waals surface area contributed by atoms with E-state index in [9.17, 15) is 4.79 Å². The van der Waals surface area contributed by atoms with Gasteiger partial charge in [-0.25, -0.2) is 0 Å². The van der Waals surface area contributed by atoms with E-state index < -0.39 is 0 Å². The SMILES string of the molecule is CC1(C)CN(Cc2cc(C(N)=O)cs2)Cc2ccccc2O1. The van der Waals surface area contributed by atoms with Crippen molar-refractivity contribution in [2.75, 3.05) is 6.54 Å². The fourth-order valence-corrected chi connectivity index (χ4v) is 3.74. The highest BCUT2D eigenvalue weighted by Crippen LogP contribution is 2.30. The zero-order valence-electron chi connectivity index (χ0n) is 12.8. The van der Waals surface area contributed by atoms with Gasteiger partial charge < -0.3 is 10.5 Å². The molecule has 0 fully saturated rings. The van der Waals surface area contributed by atoms with Crippen molar-refractivity contribution in [1.29, 1.82) is 0 Å². The van der Waals surface area contributed by atoms with E-state index in [2.05, 4.69) is 24.8 Å². The van der Waals surface area contributed by atoms with Gasteiger partial charge in [-0.3, -0.25) is 9.69 Å². The lowest BCUT2D eigenvalue weighted by Crippen LogP contribution is -2.40.